The first-order valence-corrected chi connectivity index (χ1v) is 7.63. The molecular weight excluding hydrogens is 246 g/mol. The topological polar surface area (TPSA) is 29.9 Å². The van der Waals surface area contributed by atoms with E-state index in [0.29, 0.717) is 6.04 Å². The summed E-state index contributed by atoms with van der Waals surface area (Å²) < 4.78 is 2.23. The summed E-state index contributed by atoms with van der Waals surface area (Å²) in [5.41, 5.74) is 5.23. The number of aromatic nitrogens is 2. The fraction of sp³-hybridized carbons (Fsp3) is 0.471. The summed E-state index contributed by atoms with van der Waals surface area (Å²) in [6.45, 7) is 6.59. The number of nitrogens with zero attached hydrogens (tertiary/aromatic N) is 2. The van der Waals surface area contributed by atoms with Crippen molar-refractivity contribution in [2.24, 2.45) is 0 Å². The molecule has 0 saturated carbocycles. The third-order valence-corrected chi connectivity index (χ3v) is 4.37. The van der Waals surface area contributed by atoms with Gasteiger partial charge in [-0.15, -0.1) is 0 Å². The monoisotopic (exact) mass is 269 g/mol. The summed E-state index contributed by atoms with van der Waals surface area (Å²) in [5.74, 6) is 0. The molecular formula is C17H23N3. The first-order valence-electron chi connectivity index (χ1n) is 7.63. The van der Waals surface area contributed by atoms with Crippen LogP contribution in [0.25, 0.3) is 11.1 Å². The van der Waals surface area contributed by atoms with Crippen molar-refractivity contribution in [3.8, 4) is 11.1 Å². The van der Waals surface area contributed by atoms with E-state index >= 15 is 0 Å². The average molecular weight is 269 g/mol. The fourth-order valence-electron chi connectivity index (χ4n) is 3.05. The van der Waals surface area contributed by atoms with Crippen LogP contribution in [-0.2, 0) is 6.42 Å². The molecule has 1 aromatic heterocycles. The first kappa shape index (κ1) is 13.4. The molecule has 0 spiro atoms. The molecule has 1 aliphatic heterocycles. The van der Waals surface area contributed by atoms with Crippen molar-refractivity contribution in [2.45, 2.75) is 39.2 Å². The lowest BCUT2D eigenvalue weighted by atomic mass is 10.0. The third kappa shape index (κ3) is 2.50. The highest BCUT2D eigenvalue weighted by Gasteiger charge is 2.19. The smallest absolute Gasteiger partial charge is 0.0571 e. The van der Waals surface area contributed by atoms with Crippen LogP contribution >= 0.6 is 0 Å². The van der Waals surface area contributed by atoms with Crippen LogP contribution < -0.4 is 5.32 Å². The molecule has 1 aromatic carbocycles. The van der Waals surface area contributed by atoms with Crippen molar-refractivity contribution in [3.63, 3.8) is 0 Å². The number of nitrogens with one attached hydrogen (secondary N) is 1. The molecule has 106 valence electrons. The van der Waals surface area contributed by atoms with Gasteiger partial charge in [-0.05, 0) is 50.4 Å². The quantitative estimate of drug-likeness (QED) is 0.926. The van der Waals surface area contributed by atoms with Crippen LogP contribution in [0.4, 0.5) is 0 Å². The normalized spacial score (nSPS) is 16.5. The van der Waals surface area contributed by atoms with Crippen LogP contribution in [0.5, 0.6) is 0 Å². The largest absolute Gasteiger partial charge is 0.317 e. The summed E-state index contributed by atoms with van der Waals surface area (Å²) in [6, 6.07) is 9.43. The molecule has 0 atom stereocenters. The van der Waals surface area contributed by atoms with Gasteiger partial charge in [0.2, 0.25) is 0 Å². The molecule has 0 unspecified atom stereocenters. The molecule has 3 nitrogen and oxygen atoms in total. The third-order valence-electron chi connectivity index (χ3n) is 4.37. The average Bonchev–Trinajstić information content (AvgIpc) is 2.90. The van der Waals surface area contributed by atoms with Gasteiger partial charge in [0.1, 0.15) is 0 Å². The highest BCUT2D eigenvalue weighted by atomic mass is 15.3. The van der Waals surface area contributed by atoms with Crippen LogP contribution in [-0.4, -0.2) is 22.9 Å². The summed E-state index contributed by atoms with van der Waals surface area (Å²) in [6.07, 6.45) is 5.47. The number of rotatable bonds is 3. The molecule has 0 bridgehead atoms. The van der Waals surface area contributed by atoms with E-state index in [1.165, 1.54) is 35.2 Å². The van der Waals surface area contributed by atoms with Gasteiger partial charge in [-0.3, -0.25) is 4.68 Å². The molecule has 2 aromatic rings. The van der Waals surface area contributed by atoms with Crippen molar-refractivity contribution in [2.75, 3.05) is 13.1 Å². The van der Waals surface area contributed by atoms with Gasteiger partial charge in [-0.1, -0.05) is 31.2 Å². The van der Waals surface area contributed by atoms with Gasteiger partial charge in [0.05, 0.1) is 12.2 Å². The van der Waals surface area contributed by atoms with Crippen LogP contribution in [0.15, 0.2) is 30.5 Å². The molecule has 3 rings (SSSR count). The van der Waals surface area contributed by atoms with Crippen LogP contribution in [0.2, 0.25) is 0 Å². The lowest BCUT2D eigenvalue weighted by Crippen LogP contribution is -2.30. The maximum atomic E-state index is 4.65. The van der Waals surface area contributed by atoms with Gasteiger partial charge in [0.15, 0.2) is 0 Å². The van der Waals surface area contributed by atoms with Gasteiger partial charge in [-0.25, -0.2) is 0 Å². The Morgan fingerprint density at radius 1 is 1.20 bits per heavy atom. The zero-order valence-electron chi connectivity index (χ0n) is 12.4. The number of benzene rings is 1. The Morgan fingerprint density at radius 3 is 2.55 bits per heavy atom. The zero-order chi connectivity index (χ0) is 13.9. The summed E-state index contributed by atoms with van der Waals surface area (Å²) in [5, 5.41) is 8.06. The van der Waals surface area contributed by atoms with Gasteiger partial charge >= 0.3 is 0 Å². The van der Waals surface area contributed by atoms with E-state index in [2.05, 4.69) is 53.2 Å². The van der Waals surface area contributed by atoms with Crippen LogP contribution in [0, 0.1) is 6.92 Å². The Kier molecular flexibility index (Phi) is 3.88. The van der Waals surface area contributed by atoms with Crippen molar-refractivity contribution in [1.29, 1.82) is 0 Å². The molecule has 1 fully saturated rings. The molecule has 1 N–H and O–H groups in total. The molecule has 0 radical (unpaired) electrons. The lowest BCUT2D eigenvalue weighted by Gasteiger charge is -2.24. The standard InChI is InChI=1S/C17H23N3/c1-3-14-4-6-15(7-5-14)17-12-19-20(13(17)2)16-8-10-18-11-9-16/h4-7,12,16,18H,3,8-11H2,1-2H3. The van der Waals surface area contributed by atoms with Gasteiger partial charge in [0, 0.05) is 11.3 Å². The number of hydrogen-bond donors (Lipinski definition) is 1. The van der Waals surface area contributed by atoms with E-state index in [4.69, 9.17) is 0 Å². The van der Waals surface area contributed by atoms with Gasteiger partial charge in [-0.2, -0.15) is 5.10 Å². The Morgan fingerprint density at radius 2 is 1.90 bits per heavy atom. The maximum absolute atomic E-state index is 4.65. The zero-order valence-corrected chi connectivity index (χ0v) is 12.4. The Hall–Kier alpha value is -1.61. The van der Waals surface area contributed by atoms with Crippen molar-refractivity contribution >= 4 is 0 Å². The second-order valence-corrected chi connectivity index (χ2v) is 5.62. The molecule has 3 heteroatoms. The minimum Gasteiger partial charge on any atom is -0.317 e. The molecule has 2 heterocycles. The molecule has 1 saturated heterocycles. The molecule has 1 aliphatic rings. The predicted octanol–water partition coefficient (Wildman–Crippen LogP) is 3.35. The minimum atomic E-state index is 0.555. The number of aryl methyl sites for hydroxylation is 1. The van der Waals surface area contributed by atoms with E-state index in [9.17, 15) is 0 Å². The fourth-order valence-corrected chi connectivity index (χ4v) is 3.05. The van der Waals surface area contributed by atoms with Crippen molar-refractivity contribution in [3.05, 3.63) is 41.7 Å². The first-order chi connectivity index (χ1) is 9.79. The van der Waals surface area contributed by atoms with E-state index < -0.39 is 0 Å². The lowest BCUT2D eigenvalue weighted by molar-refractivity contribution is 0.338. The molecule has 20 heavy (non-hydrogen) atoms. The Bertz CT molecular complexity index is 562. The van der Waals surface area contributed by atoms with Crippen LogP contribution in [0.3, 0.4) is 0 Å². The minimum absolute atomic E-state index is 0.555. The number of piperidine rings is 1. The van der Waals surface area contributed by atoms with Crippen molar-refractivity contribution in [1.82, 2.24) is 15.1 Å². The van der Waals surface area contributed by atoms with Gasteiger partial charge in [0.25, 0.3) is 0 Å². The van der Waals surface area contributed by atoms with Gasteiger partial charge < -0.3 is 5.32 Å². The maximum Gasteiger partial charge on any atom is 0.0571 e. The highest BCUT2D eigenvalue weighted by Crippen LogP contribution is 2.28. The van der Waals surface area contributed by atoms with Crippen molar-refractivity contribution < 1.29 is 0 Å². The summed E-state index contributed by atoms with van der Waals surface area (Å²) in [4.78, 5) is 0. The van der Waals surface area contributed by atoms with Crippen LogP contribution in [0.1, 0.15) is 37.1 Å². The second kappa shape index (κ2) is 5.80. The summed E-state index contributed by atoms with van der Waals surface area (Å²) in [7, 11) is 0. The SMILES string of the molecule is CCc1ccc(-c2cnn(C3CCNCC3)c2C)cc1. The Balaban J connectivity index is 1.88. The van der Waals surface area contributed by atoms with E-state index in [-0.39, 0.29) is 0 Å². The number of hydrogen-bond acceptors (Lipinski definition) is 2. The second-order valence-electron chi connectivity index (χ2n) is 5.62. The predicted molar refractivity (Wildman–Crippen MR) is 82.9 cm³/mol. The highest BCUT2D eigenvalue weighted by molar-refractivity contribution is 5.65. The van der Waals surface area contributed by atoms with E-state index in [1.807, 2.05) is 6.20 Å². The molecule has 0 aliphatic carbocycles. The Labute approximate surface area is 121 Å². The van der Waals surface area contributed by atoms with E-state index in [1.54, 1.807) is 0 Å². The van der Waals surface area contributed by atoms with E-state index in [0.717, 1.165) is 19.5 Å². The summed E-state index contributed by atoms with van der Waals surface area (Å²) >= 11 is 0. The molecule has 0 amide bonds.